The van der Waals surface area contributed by atoms with E-state index in [0.29, 0.717) is 31.9 Å². The van der Waals surface area contributed by atoms with Crippen LogP contribution in [0.3, 0.4) is 0 Å². The van der Waals surface area contributed by atoms with Crippen LogP contribution in [0.2, 0.25) is 0 Å². The van der Waals surface area contributed by atoms with Gasteiger partial charge in [0.05, 0.1) is 41.8 Å². The lowest BCUT2D eigenvalue weighted by atomic mass is 9.95. The molecule has 0 unspecified atom stereocenters. The highest BCUT2D eigenvalue weighted by atomic mass is 127. The van der Waals surface area contributed by atoms with Crippen LogP contribution >= 0.6 is 56.5 Å². The Hall–Kier alpha value is -2.19. The van der Waals surface area contributed by atoms with E-state index in [1.165, 1.54) is 11.3 Å². The molecule has 0 fully saturated rings. The molecule has 2 aromatic carbocycles. The number of hydrogen-bond donors (Lipinski definition) is 0. The van der Waals surface area contributed by atoms with Gasteiger partial charge in [-0.05, 0) is 117 Å². The van der Waals surface area contributed by atoms with Crippen molar-refractivity contribution >= 4 is 68.6 Å². The van der Waals surface area contributed by atoms with Crippen molar-refractivity contribution in [3.63, 3.8) is 0 Å². The van der Waals surface area contributed by atoms with E-state index in [-0.39, 0.29) is 24.4 Å². The van der Waals surface area contributed by atoms with Crippen molar-refractivity contribution < 1.29 is 19.0 Å². The minimum absolute atomic E-state index is 0.0564. The Kier molecular flexibility index (Phi) is 9.58. The van der Waals surface area contributed by atoms with Gasteiger partial charge in [-0.15, -0.1) is 0 Å². The maximum atomic E-state index is 14.0. The van der Waals surface area contributed by atoms with Gasteiger partial charge in [0.2, 0.25) is 0 Å². The van der Waals surface area contributed by atoms with E-state index in [2.05, 4.69) is 50.2 Å². The first-order valence-corrected chi connectivity index (χ1v) is 15.6. The largest absolute Gasteiger partial charge is 0.491 e. The molecule has 0 spiro atoms. The third-order valence-electron chi connectivity index (χ3n) is 5.77. The summed E-state index contributed by atoms with van der Waals surface area (Å²) in [5, 5.41) is 0. The number of aromatic nitrogens is 1. The zero-order chi connectivity index (χ0) is 28.4. The Morgan fingerprint density at radius 3 is 2.36 bits per heavy atom. The monoisotopic (exact) mass is 772 g/mol. The highest BCUT2D eigenvalue weighted by molar-refractivity contribution is 14.1. The topological polar surface area (TPSA) is 79.1 Å². The predicted molar refractivity (Wildman–Crippen MR) is 170 cm³/mol. The molecule has 1 aliphatic heterocycles. The number of hydrogen-bond acceptors (Lipinski definition) is 7. The smallest absolute Gasteiger partial charge is 0.338 e. The maximum absolute atomic E-state index is 14.0. The quantitative estimate of drug-likeness (QED) is 0.221. The first-order chi connectivity index (χ1) is 18.5. The molecule has 0 radical (unpaired) electrons. The number of carbonyl (C=O) groups excluding carboxylic acids is 1. The molecular formula is C29H30I2N2O5S. The van der Waals surface area contributed by atoms with E-state index < -0.39 is 12.0 Å². The van der Waals surface area contributed by atoms with Gasteiger partial charge in [-0.25, -0.2) is 9.79 Å². The SMILES string of the molecule is CCOC(=O)C1=C(C)N=c2s/c(=C\c3cc(I)c(OC(C)C)c(I)c3)c(=O)n2[C@@H]1c1ccccc1OC(C)C. The number of carbonyl (C=O) groups is 1. The predicted octanol–water partition coefficient (Wildman–Crippen LogP) is 5.58. The molecule has 1 atom stereocenters. The minimum atomic E-state index is -0.737. The third kappa shape index (κ3) is 6.43. The van der Waals surface area contributed by atoms with Crippen molar-refractivity contribution in [1.82, 2.24) is 4.57 Å². The zero-order valence-electron chi connectivity index (χ0n) is 22.6. The molecule has 1 aliphatic rings. The molecule has 206 valence electrons. The molecule has 10 heteroatoms. The number of allylic oxidation sites excluding steroid dienone is 1. The van der Waals surface area contributed by atoms with Gasteiger partial charge in [-0.2, -0.15) is 0 Å². The highest BCUT2D eigenvalue weighted by Gasteiger charge is 2.35. The first kappa shape index (κ1) is 29.8. The summed E-state index contributed by atoms with van der Waals surface area (Å²) in [6, 6.07) is 10.8. The van der Waals surface area contributed by atoms with Crippen LogP contribution in [-0.2, 0) is 9.53 Å². The fraction of sp³-hybridized carbons (Fsp3) is 0.345. The van der Waals surface area contributed by atoms with Gasteiger partial charge in [0.15, 0.2) is 4.80 Å². The number of fused-ring (bicyclic) bond motifs is 1. The summed E-state index contributed by atoms with van der Waals surface area (Å²) in [7, 11) is 0. The summed E-state index contributed by atoms with van der Waals surface area (Å²) in [6.07, 6.45) is 1.83. The van der Waals surface area contributed by atoms with Crippen LogP contribution in [-0.4, -0.2) is 29.4 Å². The molecule has 2 heterocycles. The summed E-state index contributed by atoms with van der Waals surface area (Å²) in [5.74, 6) is 0.942. The van der Waals surface area contributed by atoms with Crippen molar-refractivity contribution in [2.75, 3.05) is 6.61 Å². The number of esters is 1. The molecule has 7 nitrogen and oxygen atoms in total. The molecule has 39 heavy (non-hydrogen) atoms. The Labute approximate surface area is 258 Å². The lowest BCUT2D eigenvalue weighted by molar-refractivity contribution is -0.139. The highest BCUT2D eigenvalue weighted by Crippen LogP contribution is 2.36. The lowest BCUT2D eigenvalue weighted by Crippen LogP contribution is -2.40. The van der Waals surface area contributed by atoms with Crippen molar-refractivity contribution in [2.45, 2.75) is 59.8 Å². The van der Waals surface area contributed by atoms with E-state index in [1.807, 2.05) is 70.2 Å². The van der Waals surface area contributed by atoms with E-state index in [1.54, 1.807) is 18.4 Å². The van der Waals surface area contributed by atoms with Gasteiger partial charge in [0, 0.05) is 5.56 Å². The van der Waals surface area contributed by atoms with Gasteiger partial charge in [-0.1, -0.05) is 29.5 Å². The van der Waals surface area contributed by atoms with Crippen molar-refractivity contribution in [3.8, 4) is 11.5 Å². The van der Waals surface area contributed by atoms with Crippen molar-refractivity contribution in [2.24, 2.45) is 4.99 Å². The average molecular weight is 772 g/mol. The molecule has 0 N–H and O–H groups in total. The fourth-order valence-electron chi connectivity index (χ4n) is 4.32. The molecule has 3 aromatic rings. The van der Waals surface area contributed by atoms with Crippen LogP contribution < -0.4 is 24.4 Å². The number of halogens is 2. The lowest BCUT2D eigenvalue weighted by Gasteiger charge is -2.26. The summed E-state index contributed by atoms with van der Waals surface area (Å²) < 4.78 is 21.5. The van der Waals surface area contributed by atoms with Crippen LogP contribution in [0.5, 0.6) is 11.5 Å². The molecule has 4 rings (SSSR count). The second-order valence-corrected chi connectivity index (χ2v) is 12.8. The molecular weight excluding hydrogens is 742 g/mol. The van der Waals surface area contributed by atoms with Crippen LogP contribution in [0.4, 0.5) is 0 Å². The fourth-order valence-corrected chi connectivity index (χ4v) is 7.43. The van der Waals surface area contributed by atoms with Crippen LogP contribution in [0.1, 0.15) is 58.7 Å². The van der Waals surface area contributed by atoms with Crippen molar-refractivity contribution in [3.05, 3.63) is 85.6 Å². The molecule has 0 aliphatic carbocycles. The number of nitrogens with zero attached hydrogens (tertiary/aromatic N) is 2. The maximum Gasteiger partial charge on any atom is 0.338 e. The second kappa shape index (κ2) is 12.5. The molecule has 0 saturated heterocycles. The zero-order valence-corrected chi connectivity index (χ0v) is 27.7. The summed E-state index contributed by atoms with van der Waals surface area (Å²) in [5.41, 5.74) is 2.20. The summed E-state index contributed by atoms with van der Waals surface area (Å²) >= 11 is 5.81. The number of para-hydroxylation sites is 1. The molecule has 0 saturated carbocycles. The Balaban J connectivity index is 1.94. The van der Waals surface area contributed by atoms with Gasteiger partial charge in [-0.3, -0.25) is 9.36 Å². The van der Waals surface area contributed by atoms with E-state index in [0.717, 1.165) is 18.5 Å². The van der Waals surface area contributed by atoms with Gasteiger partial charge >= 0.3 is 5.97 Å². The van der Waals surface area contributed by atoms with E-state index in [9.17, 15) is 9.59 Å². The van der Waals surface area contributed by atoms with Gasteiger partial charge < -0.3 is 14.2 Å². The normalized spacial score (nSPS) is 15.4. The Bertz CT molecular complexity index is 1600. The van der Waals surface area contributed by atoms with Gasteiger partial charge in [0.1, 0.15) is 17.5 Å². The molecule has 0 bridgehead atoms. The van der Waals surface area contributed by atoms with Crippen molar-refractivity contribution in [1.29, 1.82) is 0 Å². The average Bonchev–Trinajstić information content (AvgIpc) is 3.15. The minimum Gasteiger partial charge on any atom is -0.491 e. The van der Waals surface area contributed by atoms with E-state index in [4.69, 9.17) is 14.2 Å². The van der Waals surface area contributed by atoms with Crippen LogP contribution in [0.15, 0.2) is 57.5 Å². The number of benzene rings is 2. The van der Waals surface area contributed by atoms with Crippen LogP contribution in [0.25, 0.3) is 6.08 Å². The molecule has 1 aromatic heterocycles. The first-order valence-electron chi connectivity index (χ1n) is 12.6. The van der Waals surface area contributed by atoms with Gasteiger partial charge in [0.25, 0.3) is 5.56 Å². The van der Waals surface area contributed by atoms with Crippen LogP contribution in [0, 0.1) is 7.14 Å². The second-order valence-electron chi connectivity index (χ2n) is 9.49. The molecule has 0 amide bonds. The summed E-state index contributed by atoms with van der Waals surface area (Å²) in [6.45, 7) is 11.6. The number of rotatable bonds is 8. The number of ether oxygens (including phenoxy) is 3. The standard InChI is InChI=1S/C29H30I2N2O5S/c1-7-36-28(35)24-17(6)32-29-33(25(24)19-10-8-9-11-22(19)37-15(2)3)27(34)23(39-29)14-18-12-20(30)26(21(31)13-18)38-16(4)5/h8-16,25H,7H2,1-6H3/b23-14-/t25-/m1/s1. The Morgan fingerprint density at radius 2 is 1.74 bits per heavy atom. The Morgan fingerprint density at radius 1 is 1.10 bits per heavy atom. The third-order valence-corrected chi connectivity index (χ3v) is 8.35. The van der Waals surface area contributed by atoms with E-state index >= 15 is 0 Å². The number of thiazole rings is 1. The summed E-state index contributed by atoms with van der Waals surface area (Å²) in [4.78, 5) is 32.4.